The minimum absolute atomic E-state index is 0.990. The Hall–Kier alpha value is -1.98. The van der Waals surface area contributed by atoms with Crippen molar-refractivity contribution < 1.29 is 0 Å². The largest absolute Gasteiger partial charge is 0.245 e. The molecule has 0 amide bonds. The van der Waals surface area contributed by atoms with Crippen LogP contribution in [0.5, 0.6) is 0 Å². The monoisotopic (exact) mass is 295 g/mol. The van der Waals surface area contributed by atoms with Crippen molar-refractivity contribution in [2.75, 3.05) is 0 Å². The summed E-state index contributed by atoms with van der Waals surface area (Å²) < 4.78 is 1.11. The second-order valence-electron chi connectivity index (χ2n) is 4.23. The second-order valence-corrected chi connectivity index (χ2v) is 6.29. The van der Waals surface area contributed by atoms with Gasteiger partial charge in [0.05, 0.1) is 10.2 Å². The van der Waals surface area contributed by atoms with Gasteiger partial charge >= 0.3 is 0 Å². The molecule has 0 spiro atoms. The molecule has 0 bridgehead atoms. The van der Waals surface area contributed by atoms with Crippen LogP contribution in [0.2, 0.25) is 0 Å². The molecule has 20 heavy (non-hydrogen) atoms. The highest BCUT2D eigenvalue weighted by Gasteiger charge is 2.12. The third-order valence-corrected chi connectivity index (χ3v) is 5.20. The number of benzene rings is 1. The van der Waals surface area contributed by atoms with Gasteiger partial charge < -0.3 is 0 Å². The molecule has 0 unspecified atom stereocenters. The van der Waals surface area contributed by atoms with E-state index in [1.807, 2.05) is 30.5 Å². The molecule has 0 atom stereocenters. The fourth-order valence-electron chi connectivity index (χ4n) is 2.06. The van der Waals surface area contributed by atoms with Crippen LogP contribution in [-0.4, -0.2) is 15.0 Å². The summed E-state index contributed by atoms with van der Waals surface area (Å²) in [5.74, 6) is 0. The van der Waals surface area contributed by atoms with Crippen LogP contribution in [-0.2, 0) is 0 Å². The zero-order chi connectivity index (χ0) is 13.4. The lowest BCUT2D eigenvalue weighted by Crippen LogP contribution is -1.83. The van der Waals surface area contributed by atoms with E-state index >= 15 is 0 Å². The second kappa shape index (κ2) is 4.85. The Morgan fingerprint density at radius 3 is 2.70 bits per heavy atom. The highest BCUT2D eigenvalue weighted by atomic mass is 32.2. The van der Waals surface area contributed by atoms with Crippen LogP contribution in [0, 0.1) is 0 Å². The van der Waals surface area contributed by atoms with Crippen molar-refractivity contribution in [2.24, 2.45) is 0 Å². The van der Waals surface area contributed by atoms with Crippen LogP contribution in [0.1, 0.15) is 0 Å². The van der Waals surface area contributed by atoms with E-state index < -0.39 is 0 Å². The molecule has 0 N–H and O–H groups in total. The SMILES string of the molecule is c1ccc(Sc2ncnc3c2sc2ncccc23)cc1. The van der Waals surface area contributed by atoms with Crippen molar-refractivity contribution in [3.05, 3.63) is 55.0 Å². The standard InChI is InChI=1S/C15H9N3S2/c1-2-5-10(6-3-1)19-15-13-12(17-9-18-15)11-7-4-8-16-14(11)20-13/h1-9H. The molecule has 0 aliphatic heterocycles. The minimum Gasteiger partial charge on any atom is -0.245 e. The number of pyridine rings is 1. The zero-order valence-corrected chi connectivity index (χ0v) is 12.0. The van der Waals surface area contributed by atoms with Gasteiger partial charge in [-0.2, -0.15) is 0 Å². The molecule has 4 aromatic rings. The lowest BCUT2D eigenvalue weighted by Gasteiger charge is -2.00. The summed E-state index contributed by atoms with van der Waals surface area (Å²) in [7, 11) is 0. The zero-order valence-electron chi connectivity index (χ0n) is 10.4. The van der Waals surface area contributed by atoms with Gasteiger partial charge in [0.15, 0.2) is 0 Å². The van der Waals surface area contributed by atoms with Gasteiger partial charge in [0, 0.05) is 16.5 Å². The summed E-state index contributed by atoms with van der Waals surface area (Å²) >= 11 is 3.31. The third kappa shape index (κ3) is 1.95. The number of rotatable bonds is 2. The van der Waals surface area contributed by atoms with E-state index in [-0.39, 0.29) is 0 Å². The van der Waals surface area contributed by atoms with Gasteiger partial charge in [-0.3, -0.25) is 0 Å². The average molecular weight is 295 g/mol. The minimum atomic E-state index is 0.990. The van der Waals surface area contributed by atoms with E-state index in [9.17, 15) is 0 Å². The van der Waals surface area contributed by atoms with E-state index in [0.717, 1.165) is 25.5 Å². The van der Waals surface area contributed by atoms with Gasteiger partial charge in [-0.05, 0) is 24.3 Å². The molecule has 0 saturated heterocycles. The molecule has 3 nitrogen and oxygen atoms in total. The Bertz CT molecular complexity index is 887. The summed E-state index contributed by atoms with van der Waals surface area (Å²) in [6.07, 6.45) is 3.45. The maximum absolute atomic E-state index is 4.43. The Kier molecular flexibility index (Phi) is 2.86. The van der Waals surface area contributed by atoms with Crippen molar-refractivity contribution in [3.8, 4) is 0 Å². The average Bonchev–Trinajstić information content (AvgIpc) is 2.88. The topological polar surface area (TPSA) is 38.7 Å². The summed E-state index contributed by atoms with van der Waals surface area (Å²) in [6.45, 7) is 0. The number of fused-ring (bicyclic) bond motifs is 3. The Labute approximate surface area is 123 Å². The first kappa shape index (κ1) is 11.8. The van der Waals surface area contributed by atoms with Crippen LogP contribution < -0.4 is 0 Å². The van der Waals surface area contributed by atoms with Gasteiger partial charge in [0.25, 0.3) is 0 Å². The number of nitrogens with zero attached hydrogens (tertiary/aromatic N) is 3. The lowest BCUT2D eigenvalue weighted by molar-refractivity contribution is 1.11. The fourth-order valence-corrected chi connectivity index (χ4v) is 4.10. The van der Waals surface area contributed by atoms with Crippen molar-refractivity contribution >= 4 is 43.5 Å². The van der Waals surface area contributed by atoms with Gasteiger partial charge in [-0.25, -0.2) is 15.0 Å². The van der Waals surface area contributed by atoms with Crippen molar-refractivity contribution in [1.29, 1.82) is 0 Å². The molecule has 0 radical (unpaired) electrons. The molecule has 3 aromatic heterocycles. The van der Waals surface area contributed by atoms with Gasteiger partial charge in [-0.15, -0.1) is 11.3 Å². The van der Waals surface area contributed by atoms with Gasteiger partial charge in [0.1, 0.15) is 16.2 Å². The summed E-state index contributed by atoms with van der Waals surface area (Å²) in [5, 5.41) is 2.09. The molecule has 0 aliphatic rings. The third-order valence-electron chi connectivity index (χ3n) is 2.95. The van der Waals surface area contributed by atoms with Crippen molar-refractivity contribution in [2.45, 2.75) is 9.92 Å². The Morgan fingerprint density at radius 1 is 0.900 bits per heavy atom. The number of aromatic nitrogens is 3. The van der Waals surface area contributed by atoms with E-state index in [1.165, 1.54) is 4.90 Å². The fraction of sp³-hybridized carbons (Fsp3) is 0. The van der Waals surface area contributed by atoms with Crippen molar-refractivity contribution in [3.63, 3.8) is 0 Å². The number of hydrogen-bond acceptors (Lipinski definition) is 5. The maximum Gasteiger partial charge on any atom is 0.126 e. The van der Waals surface area contributed by atoms with Gasteiger partial charge in [-0.1, -0.05) is 30.0 Å². The lowest BCUT2D eigenvalue weighted by atomic mass is 10.3. The van der Waals surface area contributed by atoms with Gasteiger partial charge in [0.2, 0.25) is 0 Å². The van der Waals surface area contributed by atoms with Crippen LogP contribution in [0.15, 0.2) is 64.9 Å². The van der Waals surface area contributed by atoms with E-state index in [4.69, 9.17) is 0 Å². The first-order chi connectivity index (χ1) is 9.92. The molecule has 0 fully saturated rings. The maximum atomic E-state index is 4.43. The van der Waals surface area contributed by atoms with E-state index in [0.29, 0.717) is 0 Å². The normalized spacial score (nSPS) is 11.2. The first-order valence-corrected chi connectivity index (χ1v) is 7.76. The molecular weight excluding hydrogens is 286 g/mol. The summed E-state index contributed by atoms with van der Waals surface area (Å²) in [5.41, 5.74) is 0.992. The number of hydrogen-bond donors (Lipinski definition) is 0. The van der Waals surface area contributed by atoms with Crippen LogP contribution in [0.3, 0.4) is 0 Å². The van der Waals surface area contributed by atoms with Crippen LogP contribution >= 0.6 is 23.1 Å². The molecule has 4 rings (SSSR count). The molecule has 0 aliphatic carbocycles. The Balaban J connectivity index is 1.91. The highest BCUT2D eigenvalue weighted by molar-refractivity contribution is 7.99. The van der Waals surface area contributed by atoms with Crippen LogP contribution in [0.4, 0.5) is 0 Å². The van der Waals surface area contributed by atoms with E-state index in [1.54, 1.807) is 29.4 Å². The summed E-state index contributed by atoms with van der Waals surface area (Å²) in [6, 6.07) is 14.3. The molecule has 96 valence electrons. The number of thiophene rings is 1. The Morgan fingerprint density at radius 2 is 1.80 bits per heavy atom. The first-order valence-electron chi connectivity index (χ1n) is 6.13. The molecule has 0 saturated carbocycles. The highest BCUT2D eigenvalue weighted by Crippen LogP contribution is 2.38. The van der Waals surface area contributed by atoms with Crippen LogP contribution in [0.25, 0.3) is 20.4 Å². The molecular formula is C15H9N3S2. The smallest absolute Gasteiger partial charge is 0.126 e. The predicted molar refractivity (Wildman–Crippen MR) is 83.3 cm³/mol. The molecule has 1 aromatic carbocycles. The molecule has 3 heterocycles. The molecule has 5 heteroatoms. The quantitative estimate of drug-likeness (QED) is 0.514. The van der Waals surface area contributed by atoms with E-state index in [2.05, 4.69) is 33.2 Å². The summed E-state index contributed by atoms with van der Waals surface area (Å²) in [4.78, 5) is 15.4. The van der Waals surface area contributed by atoms with Crippen molar-refractivity contribution in [1.82, 2.24) is 15.0 Å². The predicted octanol–water partition coefficient (Wildman–Crippen LogP) is 4.39.